The SMILES string of the molecule is Cc1ccc(COCCOS(C)=O)cc1. The van der Waals surface area contributed by atoms with E-state index < -0.39 is 11.1 Å². The number of benzene rings is 1. The van der Waals surface area contributed by atoms with E-state index in [0.717, 1.165) is 5.56 Å². The van der Waals surface area contributed by atoms with E-state index in [1.807, 2.05) is 12.1 Å². The van der Waals surface area contributed by atoms with Gasteiger partial charge in [0.1, 0.15) is 0 Å². The molecule has 0 bridgehead atoms. The first kappa shape index (κ1) is 12.4. The van der Waals surface area contributed by atoms with Crippen LogP contribution in [0.4, 0.5) is 0 Å². The smallest absolute Gasteiger partial charge is 0.152 e. The molecule has 3 nitrogen and oxygen atoms in total. The molecule has 0 spiro atoms. The topological polar surface area (TPSA) is 35.5 Å². The van der Waals surface area contributed by atoms with Crippen LogP contribution in [0.3, 0.4) is 0 Å². The standard InChI is InChI=1S/C11H16O3S/c1-10-3-5-11(6-4-10)9-13-7-8-14-15(2)12/h3-6H,7-9H2,1-2H3. The highest BCUT2D eigenvalue weighted by molar-refractivity contribution is 7.79. The fourth-order valence-corrected chi connectivity index (χ4v) is 1.39. The van der Waals surface area contributed by atoms with E-state index in [2.05, 4.69) is 19.1 Å². The zero-order valence-corrected chi connectivity index (χ0v) is 9.88. The molecule has 0 aromatic heterocycles. The van der Waals surface area contributed by atoms with Crippen molar-refractivity contribution >= 4 is 11.1 Å². The average Bonchev–Trinajstić information content (AvgIpc) is 2.20. The maximum Gasteiger partial charge on any atom is 0.152 e. The van der Waals surface area contributed by atoms with Gasteiger partial charge in [-0.3, -0.25) is 4.18 Å². The fraction of sp³-hybridized carbons (Fsp3) is 0.455. The summed E-state index contributed by atoms with van der Waals surface area (Å²) in [7, 11) is 0. The predicted octanol–water partition coefficient (Wildman–Crippen LogP) is 1.82. The summed E-state index contributed by atoms with van der Waals surface area (Å²) >= 11 is -1.20. The molecule has 0 saturated heterocycles. The van der Waals surface area contributed by atoms with Crippen LogP contribution in [0.1, 0.15) is 11.1 Å². The van der Waals surface area contributed by atoms with Crippen molar-refractivity contribution in [3.8, 4) is 0 Å². The average molecular weight is 228 g/mol. The first-order chi connectivity index (χ1) is 7.18. The van der Waals surface area contributed by atoms with Gasteiger partial charge in [-0.1, -0.05) is 29.8 Å². The third-order valence-corrected chi connectivity index (χ3v) is 2.36. The monoisotopic (exact) mass is 228 g/mol. The molecule has 0 amide bonds. The summed E-state index contributed by atoms with van der Waals surface area (Å²) in [6.45, 7) is 3.46. The summed E-state index contributed by atoms with van der Waals surface area (Å²) in [5, 5.41) is 0. The van der Waals surface area contributed by atoms with Crippen LogP contribution in [0.25, 0.3) is 0 Å². The Morgan fingerprint density at radius 1 is 1.20 bits per heavy atom. The van der Waals surface area contributed by atoms with Gasteiger partial charge in [-0.05, 0) is 12.5 Å². The Balaban J connectivity index is 2.15. The molecule has 0 aliphatic carbocycles. The van der Waals surface area contributed by atoms with Crippen molar-refractivity contribution in [1.82, 2.24) is 0 Å². The molecule has 0 saturated carbocycles. The molecule has 15 heavy (non-hydrogen) atoms. The Hall–Kier alpha value is -0.710. The second-order valence-corrected chi connectivity index (χ2v) is 4.30. The molecule has 0 fully saturated rings. The van der Waals surface area contributed by atoms with Crippen LogP contribution in [-0.2, 0) is 26.6 Å². The van der Waals surface area contributed by atoms with E-state index in [0.29, 0.717) is 19.8 Å². The van der Waals surface area contributed by atoms with Crippen LogP contribution in [-0.4, -0.2) is 23.7 Å². The van der Waals surface area contributed by atoms with E-state index >= 15 is 0 Å². The molecular weight excluding hydrogens is 212 g/mol. The third kappa shape index (κ3) is 5.67. The molecule has 0 N–H and O–H groups in total. The second kappa shape index (κ2) is 6.71. The van der Waals surface area contributed by atoms with Gasteiger partial charge >= 0.3 is 0 Å². The van der Waals surface area contributed by atoms with Crippen molar-refractivity contribution in [3.63, 3.8) is 0 Å². The minimum Gasteiger partial charge on any atom is -0.374 e. The van der Waals surface area contributed by atoms with Crippen LogP contribution in [0.5, 0.6) is 0 Å². The highest BCUT2D eigenvalue weighted by Crippen LogP contribution is 2.04. The molecule has 0 heterocycles. The van der Waals surface area contributed by atoms with E-state index in [-0.39, 0.29) is 0 Å². The normalized spacial score (nSPS) is 12.7. The van der Waals surface area contributed by atoms with E-state index in [9.17, 15) is 4.21 Å². The van der Waals surface area contributed by atoms with Crippen molar-refractivity contribution < 1.29 is 13.1 Å². The molecule has 1 unspecified atom stereocenters. The Morgan fingerprint density at radius 2 is 1.87 bits per heavy atom. The lowest BCUT2D eigenvalue weighted by Gasteiger charge is -2.04. The van der Waals surface area contributed by atoms with Crippen LogP contribution in [0.15, 0.2) is 24.3 Å². The van der Waals surface area contributed by atoms with Gasteiger partial charge in [-0.15, -0.1) is 0 Å². The summed E-state index contributed by atoms with van der Waals surface area (Å²) in [6.07, 6.45) is 1.50. The van der Waals surface area contributed by atoms with Gasteiger partial charge in [0.05, 0.1) is 19.8 Å². The van der Waals surface area contributed by atoms with Gasteiger partial charge in [0.2, 0.25) is 0 Å². The van der Waals surface area contributed by atoms with Crippen molar-refractivity contribution in [3.05, 3.63) is 35.4 Å². The van der Waals surface area contributed by atoms with Crippen molar-refractivity contribution in [1.29, 1.82) is 0 Å². The molecule has 0 aliphatic rings. The van der Waals surface area contributed by atoms with Gasteiger partial charge in [-0.25, -0.2) is 4.21 Å². The van der Waals surface area contributed by atoms with Gasteiger partial charge in [0.15, 0.2) is 11.1 Å². The molecule has 84 valence electrons. The first-order valence-electron chi connectivity index (χ1n) is 4.78. The summed E-state index contributed by atoms with van der Waals surface area (Å²) < 4.78 is 20.7. The Kier molecular flexibility index (Phi) is 5.53. The van der Waals surface area contributed by atoms with Crippen molar-refractivity contribution in [2.24, 2.45) is 0 Å². The molecule has 4 heteroatoms. The minimum atomic E-state index is -1.20. The highest BCUT2D eigenvalue weighted by atomic mass is 32.2. The number of rotatable bonds is 6. The second-order valence-electron chi connectivity index (χ2n) is 3.26. The summed E-state index contributed by atoms with van der Waals surface area (Å²) in [5.74, 6) is 0. The summed E-state index contributed by atoms with van der Waals surface area (Å²) in [6, 6.07) is 8.18. The van der Waals surface area contributed by atoms with Gasteiger partial charge in [-0.2, -0.15) is 0 Å². The number of hydrogen-bond acceptors (Lipinski definition) is 3. The predicted molar refractivity (Wildman–Crippen MR) is 60.9 cm³/mol. The summed E-state index contributed by atoms with van der Waals surface area (Å²) in [4.78, 5) is 0. The quantitative estimate of drug-likeness (QED) is 0.697. The maximum atomic E-state index is 10.5. The van der Waals surface area contributed by atoms with Crippen LogP contribution in [0, 0.1) is 6.92 Å². The number of hydrogen-bond donors (Lipinski definition) is 0. The van der Waals surface area contributed by atoms with Crippen LogP contribution >= 0.6 is 0 Å². The Labute approximate surface area is 93.1 Å². The lowest BCUT2D eigenvalue weighted by molar-refractivity contribution is 0.0932. The number of ether oxygens (including phenoxy) is 1. The molecule has 1 aromatic rings. The maximum absolute atomic E-state index is 10.5. The van der Waals surface area contributed by atoms with Gasteiger partial charge < -0.3 is 4.74 Å². The lowest BCUT2D eigenvalue weighted by Crippen LogP contribution is -2.05. The zero-order valence-electron chi connectivity index (χ0n) is 9.06. The Bertz CT molecular complexity index is 308. The van der Waals surface area contributed by atoms with E-state index in [1.165, 1.54) is 11.8 Å². The fourth-order valence-electron chi connectivity index (χ4n) is 1.08. The lowest BCUT2D eigenvalue weighted by atomic mass is 10.2. The largest absolute Gasteiger partial charge is 0.374 e. The third-order valence-electron chi connectivity index (χ3n) is 1.87. The van der Waals surface area contributed by atoms with Crippen LogP contribution in [0.2, 0.25) is 0 Å². The molecule has 0 aliphatic heterocycles. The molecule has 1 aromatic carbocycles. The Morgan fingerprint density at radius 3 is 2.47 bits per heavy atom. The van der Waals surface area contributed by atoms with Crippen LogP contribution < -0.4 is 0 Å². The molecule has 0 radical (unpaired) electrons. The molecular formula is C11H16O3S. The molecule has 1 rings (SSSR count). The number of aryl methyl sites for hydroxylation is 1. The van der Waals surface area contributed by atoms with Crippen molar-refractivity contribution in [2.45, 2.75) is 13.5 Å². The molecule has 1 atom stereocenters. The zero-order chi connectivity index (χ0) is 11.1. The summed E-state index contributed by atoms with van der Waals surface area (Å²) in [5.41, 5.74) is 2.38. The van der Waals surface area contributed by atoms with E-state index in [4.69, 9.17) is 8.92 Å². The first-order valence-corrected chi connectivity index (χ1v) is 6.27. The van der Waals surface area contributed by atoms with E-state index in [1.54, 1.807) is 0 Å². The minimum absolute atomic E-state index is 0.370. The van der Waals surface area contributed by atoms with Gasteiger partial charge in [0.25, 0.3) is 0 Å². The highest BCUT2D eigenvalue weighted by Gasteiger charge is 1.94. The van der Waals surface area contributed by atoms with Gasteiger partial charge in [0, 0.05) is 6.26 Å². The van der Waals surface area contributed by atoms with Crippen molar-refractivity contribution in [2.75, 3.05) is 19.5 Å².